The predicted molar refractivity (Wildman–Crippen MR) is 181 cm³/mol. The van der Waals surface area contributed by atoms with Gasteiger partial charge in [0, 0.05) is 40.1 Å². The van der Waals surface area contributed by atoms with Crippen LogP contribution < -0.4 is 0 Å². The number of H-pyrrole nitrogens is 1. The minimum Gasteiger partial charge on any atom is -0.324 e. The van der Waals surface area contributed by atoms with Gasteiger partial charge in [0.2, 0.25) is 0 Å². The van der Waals surface area contributed by atoms with Crippen molar-refractivity contribution in [2.75, 3.05) is 0 Å². The Morgan fingerprint density at radius 3 is 1.22 bits per heavy atom. The van der Waals surface area contributed by atoms with E-state index in [1.807, 2.05) is 84.4 Å². The van der Waals surface area contributed by atoms with Crippen LogP contribution in [0.5, 0.6) is 0 Å². The van der Waals surface area contributed by atoms with Crippen molar-refractivity contribution in [3.05, 3.63) is 92.9 Å². The number of nitrogens with zero attached hydrogens (tertiary/aromatic N) is 7. The van der Waals surface area contributed by atoms with Crippen LogP contribution in [0.3, 0.4) is 0 Å². The number of hydrogen-bond donors (Lipinski definition) is 1. The fraction of sp³-hybridized carbons (Fsp3) is 0.0303. The van der Waals surface area contributed by atoms with Gasteiger partial charge in [-0.3, -0.25) is 0 Å². The molecule has 9 rings (SSSR count). The molecule has 3 aromatic heterocycles. The normalized spacial score (nSPS) is 12.1. The van der Waals surface area contributed by atoms with E-state index in [1.165, 1.54) is 0 Å². The molecular formula is C33H16Cl4N8. The third kappa shape index (κ3) is 3.80. The van der Waals surface area contributed by atoms with Gasteiger partial charge in [-0.15, -0.1) is 0 Å². The summed E-state index contributed by atoms with van der Waals surface area (Å²) in [5.41, 5.74) is 5.42. The fourth-order valence-corrected chi connectivity index (χ4v) is 7.06. The van der Waals surface area contributed by atoms with E-state index in [0.29, 0.717) is 56.7 Å². The average Bonchev–Trinajstić information content (AvgIpc) is 3.77. The molecule has 0 saturated heterocycles. The molecule has 7 aromatic rings. The Morgan fingerprint density at radius 2 is 0.822 bits per heavy atom. The molecule has 0 aliphatic carbocycles. The lowest BCUT2D eigenvalue weighted by Gasteiger charge is -2.04. The van der Waals surface area contributed by atoms with Gasteiger partial charge in [0.05, 0.1) is 30.9 Å². The monoisotopic (exact) mass is 664 g/mol. The summed E-state index contributed by atoms with van der Waals surface area (Å²) in [6.07, 6.45) is 0. The van der Waals surface area contributed by atoms with Crippen LogP contribution in [-0.4, -0.2) is 39.5 Å². The lowest BCUT2D eigenvalue weighted by Crippen LogP contribution is -1.92. The molecule has 1 N–H and O–H groups in total. The van der Waals surface area contributed by atoms with Crippen LogP contribution in [-0.2, 0) is 7.05 Å². The standard InChI is InChI=1S/C33H16Cl4N8/c1-45-32-18-12-6-7-13-19(18)33(45)44-29-17-11-5-3-9-15(17)27(39-29)41-31-21-20(22(34)24(36)25(37)23(21)35)30(42-31)40-26-14-8-2-4-10-16(14)28(38-26)43-32/h2-13H,1H3,(H,38,39,40,41,42,43,44). The molecule has 0 atom stereocenters. The van der Waals surface area contributed by atoms with Gasteiger partial charge in [-0.1, -0.05) is 119 Å². The molecule has 8 nitrogen and oxygen atoms in total. The van der Waals surface area contributed by atoms with Crippen molar-refractivity contribution >= 4 is 90.5 Å². The van der Waals surface area contributed by atoms with Crippen LogP contribution in [0.1, 0.15) is 0 Å². The molecule has 0 unspecified atom stereocenters. The second-order valence-electron chi connectivity index (χ2n) is 10.6. The summed E-state index contributed by atoms with van der Waals surface area (Å²) in [4.78, 5) is 33.3. The zero-order valence-corrected chi connectivity index (χ0v) is 26.1. The lowest BCUT2D eigenvalue weighted by molar-refractivity contribution is 0.967. The van der Waals surface area contributed by atoms with Crippen LogP contribution in [0, 0.1) is 0 Å². The smallest absolute Gasteiger partial charge is 0.164 e. The van der Waals surface area contributed by atoms with E-state index in [-0.39, 0.29) is 20.1 Å². The van der Waals surface area contributed by atoms with Crippen LogP contribution in [0.4, 0.5) is 0 Å². The second-order valence-corrected chi connectivity index (χ2v) is 12.1. The van der Waals surface area contributed by atoms with Crippen molar-refractivity contribution in [1.29, 1.82) is 0 Å². The van der Waals surface area contributed by atoms with Crippen LogP contribution in [0.2, 0.25) is 20.1 Å². The van der Waals surface area contributed by atoms with Crippen LogP contribution in [0.25, 0.3) is 89.7 Å². The topological polar surface area (TPSA) is 98.1 Å². The second kappa shape index (κ2) is 9.70. The van der Waals surface area contributed by atoms with Crippen molar-refractivity contribution in [3.8, 4) is 45.6 Å². The molecular weight excluding hydrogens is 650 g/mol. The molecule has 216 valence electrons. The number of aromatic nitrogens is 8. The highest BCUT2D eigenvalue weighted by Gasteiger charge is 2.25. The molecule has 2 aliphatic heterocycles. The summed E-state index contributed by atoms with van der Waals surface area (Å²) in [5, 5.41) is 3.40. The first-order chi connectivity index (χ1) is 21.9. The van der Waals surface area contributed by atoms with Crippen molar-refractivity contribution in [3.63, 3.8) is 0 Å². The van der Waals surface area contributed by atoms with E-state index in [9.17, 15) is 0 Å². The maximum Gasteiger partial charge on any atom is 0.164 e. The van der Waals surface area contributed by atoms with Gasteiger partial charge < -0.3 is 9.55 Å². The van der Waals surface area contributed by atoms with E-state index in [4.69, 9.17) is 76.3 Å². The zero-order chi connectivity index (χ0) is 30.6. The molecule has 0 saturated carbocycles. The Labute approximate surface area is 274 Å². The van der Waals surface area contributed by atoms with Gasteiger partial charge in [-0.25, -0.2) is 29.9 Å². The highest BCUT2D eigenvalue weighted by molar-refractivity contribution is 6.56. The number of aromatic amines is 1. The Hall–Kier alpha value is -4.60. The van der Waals surface area contributed by atoms with E-state index in [0.717, 1.165) is 33.0 Å². The zero-order valence-electron chi connectivity index (χ0n) is 23.1. The van der Waals surface area contributed by atoms with E-state index < -0.39 is 0 Å². The fourth-order valence-electron chi connectivity index (χ4n) is 6.03. The SMILES string of the molecule is Cn1c2nc3nc(nc4[nH]c(nc5nc(nc1c1ccccc12)-c1ccccc1-5)c1c(Cl)c(Cl)c(Cl)c(Cl)c41)-c1ccccc1-3. The summed E-state index contributed by atoms with van der Waals surface area (Å²) in [6.45, 7) is 0. The molecule has 0 amide bonds. The van der Waals surface area contributed by atoms with Gasteiger partial charge >= 0.3 is 0 Å². The van der Waals surface area contributed by atoms with E-state index >= 15 is 0 Å². The molecule has 0 radical (unpaired) electrons. The van der Waals surface area contributed by atoms with Gasteiger partial charge in [-0.2, -0.15) is 0 Å². The Kier molecular flexibility index (Phi) is 5.77. The number of hydrogen-bond acceptors (Lipinski definition) is 6. The molecule has 5 heterocycles. The van der Waals surface area contributed by atoms with E-state index in [1.54, 1.807) is 0 Å². The molecule has 45 heavy (non-hydrogen) atoms. The number of halogens is 4. The first-order valence-electron chi connectivity index (χ1n) is 13.8. The van der Waals surface area contributed by atoms with Crippen LogP contribution in [0.15, 0.2) is 72.8 Å². The molecule has 8 bridgehead atoms. The van der Waals surface area contributed by atoms with Gasteiger partial charge in [0.1, 0.15) is 22.6 Å². The number of nitrogens with one attached hydrogen (secondary N) is 1. The Morgan fingerprint density at radius 1 is 0.467 bits per heavy atom. The first kappa shape index (κ1) is 26.8. The third-order valence-corrected chi connectivity index (χ3v) is 9.92. The van der Waals surface area contributed by atoms with Crippen molar-refractivity contribution in [1.82, 2.24) is 39.5 Å². The van der Waals surface area contributed by atoms with Crippen molar-refractivity contribution < 1.29 is 0 Å². The molecule has 0 fully saturated rings. The molecule has 12 heteroatoms. The largest absolute Gasteiger partial charge is 0.324 e. The molecule has 4 aromatic carbocycles. The van der Waals surface area contributed by atoms with Crippen molar-refractivity contribution in [2.45, 2.75) is 0 Å². The quantitative estimate of drug-likeness (QED) is 0.128. The van der Waals surface area contributed by atoms with Gasteiger partial charge in [0.25, 0.3) is 0 Å². The maximum atomic E-state index is 6.82. The predicted octanol–water partition coefficient (Wildman–Crippen LogP) is 9.49. The third-order valence-electron chi connectivity index (χ3n) is 8.12. The highest BCUT2D eigenvalue weighted by Crippen LogP contribution is 2.46. The summed E-state index contributed by atoms with van der Waals surface area (Å²) >= 11 is 26.7. The Bertz CT molecular complexity index is 2450. The molecule has 0 spiro atoms. The molecule has 2 aliphatic rings. The first-order valence-corrected chi connectivity index (χ1v) is 15.3. The summed E-state index contributed by atoms with van der Waals surface area (Å²) in [7, 11) is 1.94. The summed E-state index contributed by atoms with van der Waals surface area (Å²) < 4.78 is 1.96. The van der Waals surface area contributed by atoms with Crippen molar-refractivity contribution in [2.24, 2.45) is 7.05 Å². The number of rotatable bonds is 0. The minimum absolute atomic E-state index is 0.115. The number of benzene rings is 4. The van der Waals surface area contributed by atoms with Gasteiger partial charge in [-0.05, 0) is 0 Å². The summed E-state index contributed by atoms with van der Waals surface area (Å²) in [6, 6.07) is 23.6. The summed E-state index contributed by atoms with van der Waals surface area (Å²) in [5.74, 6) is 1.90. The maximum absolute atomic E-state index is 6.82. The highest BCUT2D eigenvalue weighted by atomic mass is 35.5. The van der Waals surface area contributed by atoms with Gasteiger partial charge in [0.15, 0.2) is 23.3 Å². The lowest BCUT2D eigenvalue weighted by atomic mass is 10.1. The number of aryl methyl sites for hydroxylation is 1. The average molecular weight is 666 g/mol. The minimum atomic E-state index is 0.115. The van der Waals surface area contributed by atoms with Crippen LogP contribution >= 0.6 is 46.4 Å². The number of fused-ring (bicyclic) bond motifs is 20. The Balaban J connectivity index is 1.56. The van der Waals surface area contributed by atoms with E-state index in [2.05, 4.69) is 4.98 Å².